The molecule has 0 saturated heterocycles. The number of benzene rings is 2. The monoisotopic (exact) mass is 520 g/mol. The summed E-state index contributed by atoms with van der Waals surface area (Å²) in [6, 6.07) is 12.4. The summed E-state index contributed by atoms with van der Waals surface area (Å²) < 4.78 is 2.86. The number of fused-ring (bicyclic) bond motifs is 1. The second kappa shape index (κ2) is 10.5. The van der Waals surface area contributed by atoms with Gasteiger partial charge in [0.05, 0.1) is 33.1 Å². The highest BCUT2D eigenvalue weighted by atomic mass is 35.5. The molecule has 33 heavy (non-hydrogen) atoms. The number of amides is 2. The van der Waals surface area contributed by atoms with E-state index in [1.807, 2.05) is 35.8 Å². The highest BCUT2D eigenvalue weighted by Crippen LogP contribution is 2.26. The zero-order valence-electron chi connectivity index (χ0n) is 17.3. The predicted molar refractivity (Wildman–Crippen MR) is 132 cm³/mol. The fourth-order valence-corrected chi connectivity index (χ4v) is 5.21. The maximum absolute atomic E-state index is 12.5. The van der Waals surface area contributed by atoms with E-state index in [4.69, 9.17) is 23.2 Å². The van der Waals surface area contributed by atoms with E-state index < -0.39 is 0 Å². The average Bonchev–Trinajstić information content (AvgIpc) is 3.38. The third-order valence-electron chi connectivity index (χ3n) is 4.57. The number of carbonyl (C=O) groups excluding carboxylic acids is 2. The third-order valence-corrected chi connectivity index (χ3v) is 7.03. The van der Waals surface area contributed by atoms with Crippen molar-refractivity contribution in [2.75, 3.05) is 11.1 Å². The van der Waals surface area contributed by atoms with Gasteiger partial charge in [0.15, 0.2) is 16.1 Å². The Hall–Kier alpha value is -2.66. The molecular formula is C21H18Cl2N6O2S2. The molecule has 0 radical (unpaired) electrons. The van der Waals surface area contributed by atoms with E-state index in [1.165, 1.54) is 29.2 Å². The first kappa shape index (κ1) is 23.5. The summed E-state index contributed by atoms with van der Waals surface area (Å²) in [5.74, 6) is 0.203. The summed E-state index contributed by atoms with van der Waals surface area (Å²) in [6.07, 6.45) is 0. The van der Waals surface area contributed by atoms with Gasteiger partial charge in [0.2, 0.25) is 5.91 Å². The molecule has 0 aliphatic rings. The van der Waals surface area contributed by atoms with Gasteiger partial charge < -0.3 is 15.2 Å². The Morgan fingerprint density at radius 1 is 1.15 bits per heavy atom. The van der Waals surface area contributed by atoms with Crippen LogP contribution < -0.4 is 10.6 Å². The van der Waals surface area contributed by atoms with Crippen molar-refractivity contribution < 1.29 is 9.59 Å². The minimum Gasteiger partial charge on any atom is -0.345 e. The lowest BCUT2D eigenvalue weighted by Crippen LogP contribution is -2.25. The number of para-hydroxylation sites is 1. The van der Waals surface area contributed by atoms with Gasteiger partial charge in [0.1, 0.15) is 0 Å². The molecule has 8 nitrogen and oxygen atoms in total. The van der Waals surface area contributed by atoms with Crippen LogP contribution in [-0.2, 0) is 17.9 Å². The number of rotatable bonds is 8. The van der Waals surface area contributed by atoms with Crippen LogP contribution in [0.25, 0.3) is 10.2 Å². The molecule has 12 heteroatoms. The fraction of sp³-hybridized carbons (Fsp3) is 0.190. The van der Waals surface area contributed by atoms with Crippen LogP contribution in [0.1, 0.15) is 23.1 Å². The number of halogens is 2. The molecule has 0 fully saturated rings. The highest BCUT2D eigenvalue weighted by Gasteiger charge is 2.16. The summed E-state index contributed by atoms with van der Waals surface area (Å²) in [4.78, 5) is 29.3. The maximum Gasteiger partial charge on any atom is 0.253 e. The van der Waals surface area contributed by atoms with E-state index in [2.05, 4.69) is 25.8 Å². The van der Waals surface area contributed by atoms with Gasteiger partial charge in [-0.05, 0) is 37.3 Å². The lowest BCUT2D eigenvalue weighted by atomic mass is 10.2. The van der Waals surface area contributed by atoms with Crippen LogP contribution >= 0.6 is 46.3 Å². The molecule has 0 aliphatic carbocycles. The van der Waals surface area contributed by atoms with Crippen molar-refractivity contribution in [3.8, 4) is 0 Å². The van der Waals surface area contributed by atoms with Crippen LogP contribution in [-0.4, -0.2) is 37.3 Å². The van der Waals surface area contributed by atoms with E-state index in [0.29, 0.717) is 33.2 Å². The van der Waals surface area contributed by atoms with Gasteiger partial charge in [-0.3, -0.25) is 9.59 Å². The summed E-state index contributed by atoms with van der Waals surface area (Å²) in [5.41, 5.74) is 1.17. The van der Waals surface area contributed by atoms with E-state index in [9.17, 15) is 9.59 Å². The Bertz CT molecular complexity index is 1290. The number of nitrogens with one attached hydrogen (secondary N) is 2. The van der Waals surface area contributed by atoms with E-state index >= 15 is 0 Å². The topological polar surface area (TPSA) is 102 Å². The zero-order valence-corrected chi connectivity index (χ0v) is 20.5. The van der Waals surface area contributed by atoms with Gasteiger partial charge >= 0.3 is 0 Å². The first-order valence-corrected chi connectivity index (χ1v) is 12.4. The Morgan fingerprint density at radius 2 is 1.97 bits per heavy atom. The van der Waals surface area contributed by atoms with Gasteiger partial charge in [0, 0.05) is 11.6 Å². The van der Waals surface area contributed by atoms with Crippen molar-refractivity contribution in [2.24, 2.45) is 0 Å². The molecule has 0 unspecified atom stereocenters. The second-order valence-electron chi connectivity index (χ2n) is 6.77. The molecule has 0 spiro atoms. The number of thiazole rings is 1. The molecule has 2 amide bonds. The normalized spacial score (nSPS) is 11.0. The third kappa shape index (κ3) is 5.64. The quantitative estimate of drug-likeness (QED) is 0.321. The number of anilines is 1. The molecule has 0 aliphatic heterocycles. The van der Waals surface area contributed by atoms with Crippen LogP contribution in [0, 0.1) is 0 Å². The molecule has 2 N–H and O–H groups in total. The molecule has 0 bridgehead atoms. The van der Waals surface area contributed by atoms with E-state index in [-0.39, 0.29) is 29.1 Å². The van der Waals surface area contributed by atoms with Gasteiger partial charge in [0.25, 0.3) is 5.91 Å². The zero-order chi connectivity index (χ0) is 23.4. The van der Waals surface area contributed by atoms with Crippen molar-refractivity contribution in [3.05, 3.63) is 63.9 Å². The second-order valence-corrected chi connectivity index (χ2v) is 9.59. The fourth-order valence-electron chi connectivity index (χ4n) is 3.01. The Morgan fingerprint density at radius 3 is 2.73 bits per heavy atom. The molecule has 2 aromatic heterocycles. The van der Waals surface area contributed by atoms with Crippen LogP contribution in [0.2, 0.25) is 10.0 Å². The summed E-state index contributed by atoms with van der Waals surface area (Å²) in [6.45, 7) is 2.69. The van der Waals surface area contributed by atoms with Gasteiger partial charge in [-0.15, -0.1) is 10.2 Å². The smallest absolute Gasteiger partial charge is 0.253 e. The Labute approximate surface area is 207 Å². The Kier molecular flexibility index (Phi) is 7.49. The number of thioether (sulfide) groups is 1. The average molecular weight is 521 g/mol. The number of hydrogen-bond donors (Lipinski definition) is 2. The molecule has 4 rings (SSSR count). The first-order valence-electron chi connectivity index (χ1n) is 9.88. The lowest BCUT2D eigenvalue weighted by molar-refractivity contribution is -0.113. The number of aromatic nitrogens is 4. The van der Waals surface area contributed by atoms with Gasteiger partial charge in [-0.2, -0.15) is 0 Å². The SMILES string of the molecule is CCn1c(CNC(=O)c2ccc(Cl)cc2Cl)nnc1SCC(=O)Nc1nc2ccccc2s1. The van der Waals surface area contributed by atoms with Crippen LogP contribution in [0.3, 0.4) is 0 Å². The number of hydrogen-bond acceptors (Lipinski definition) is 7. The molecule has 2 heterocycles. The van der Waals surface area contributed by atoms with Crippen LogP contribution in [0.4, 0.5) is 5.13 Å². The summed E-state index contributed by atoms with van der Waals surface area (Å²) >= 11 is 14.7. The van der Waals surface area contributed by atoms with Crippen LogP contribution in [0.15, 0.2) is 47.6 Å². The standard InChI is InChI=1S/C21H18Cl2N6O2S2/c1-2-29-17(10-24-19(31)13-8-7-12(22)9-14(13)23)27-28-21(29)32-11-18(30)26-20-25-15-5-3-4-6-16(15)33-20/h3-9H,2,10-11H2,1H3,(H,24,31)(H,25,26,30). The minimum atomic E-state index is -0.341. The largest absolute Gasteiger partial charge is 0.345 e. The first-order chi connectivity index (χ1) is 15.9. The molecule has 170 valence electrons. The highest BCUT2D eigenvalue weighted by molar-refractivity contribution is 7.99. The van der Waals surface area contributed by atoms with Gasteiger partial charge in [-0.25, -0.2) is 4.98 Å². The van der Waals surface area contributed by atoms with E-state index in [1.54, 1.807) is 12.1 Å². The predicted octanol–water partition coefficient (Wildman–Crippen LogP) is 4.88. The van der Waals surface area contributed by atoms with Crippen molar-refractivity contribution in [2.45, 2.75) is 25.2 Å². The summed E-state index contributed by atoms with van der Waals surface area (Å²) in [5, 5.41) is 15.8. The summed E-state index contributed by atoms with van der Waals surface area (Å²) in [7, 11) is 0. The van der Waals surface area contributed by atoms with Gasteiger partial charge in [-0.1, -0.05) is 58.4 Å². The van der Waals surface area contributed by atoms with Crippen molar-refractivity contribution in [3.63, 3.8) is 0 Å². The number of nitrogens with zero attached hydrogens (tertiary/aromatic N) is 4. The molecule has 0 saturated carbocycles. The Balaban J connectivity index is 1.34. The molecule has 2 aromatic carbocycles. The number of carbonyl (C=O) groups is 2. The van der Waals surface area contributed by atoms with Crippen molar-refractivity contribution in [1.29, 1.82) is 0 Å². The molecule has 4 aromatic rings. The molecule has 0 atom stereocenters. The molecular weight excluding hydrogens is 503 g/mol. The lowest BCUT2D eigenvalue weighted by Gasteiger charge is -2.09. The maximum atomic E-state index is 12.5. The van der Waals surface area contributed by atoms with Crippen LogP contribution in [0.5, 0.6) is 0 Å². The minimum absolute atomic E-state index is 0.154. The van der Waals surface area contributed by atoms with Crippen molar-refractivity contribution >= 4 is 73.5 Å². The van der Waals surface area contributed by atoms with Crippen molar-refractivity contribution in [1.82, 2.24) is 25.1 Å². The van der Waals surface area contributed by atoms with E-state index in [0.717, 1.165) is 10.2 Å².